The lowest BCUT2D eigenvalue weighted by atomic mass is 9.79. The molecule has 0 N–H and O–H groups in total. The minimum atomic E-state index is 0.300. The molecule has 2 heterocycles. The standard InChI is InChI=1S/C24H25BrN4OS/c1-28-23(17-7-3-2-4-8-17)26-27-24(28)31-14-6-13-29-20-12-11-16-9-5-10-19(25)22(16)18(20)15-21(29)30/h2-5,7-10,18,20H,6,11-15H2,1H3. The molecule has 1 saturated heterocycles. The fourth-order valence-electron chi connectivity index (χ4n) is 4.98. The monoisotopic (exact) mass is 496 g/mol. The average Bonchev–Trinajstić information content (AvgIpc) is 3.31. The zero-order chi connectivity index (χ0) is 21.4. The maximum Gasteiger partial charge on any atom is 0.223 e. The summed E-state index contributed by atoms with van der Waals surface area (Å²) < 4.78 is 3.20. The van der Waals surface area contributed by atoms with Crippen LogP contribution in [0.3, 0.4) is 0 Å². The topological polar surface area (TPSA) is 51.0 Å². The number of aryl methyl sites for hydroxylation is 1. The van der Waals surface area contributed by atoms with Gasteiger partial charge in [-0.05, 0) is 36.5 Å². The molecule has 2 atom stereocenters. The van der Waals surface area contributed by atoms with E-state index < -0.39 is 0 Å². The van der Waals surface area contributed by atoms with Crippen molar-refractivity contribution < 1.29 is 4.79 Å². The van der Waals surface area contributed by atoms with Crippen molar-refractivity contribution in [2.24, 2.45) is 7.05 Å². The maximum absolute atomic E-state index is 12.8. The Morgan fingerprint density at radius 2 is 1.97 bits per heavy atom. The Bertz CT molecular complexity index is 1100. The number of carbonyl (C=O) groups excluding carboxylic acids is 1. The molecule has 1 aromatic heterocycles. The van der Waals surface area contributed by atoms with E-state index in [4.69, 9.17) is 0 Å². The first kappa shape index (κ1) is 20.8. The van der Waals surface area contributed by atoms with Crippen molar-refractivity contribution in [3.63, 3.8) is 0 Å². The molecule has 2 aromatic carbocycles. The summed E-state index contributed by atoms with van der Waals surface area (Å²) in [6, 6.07) is 16.9. The predicted octanol–water partition coefficient (Wildman–Crippen LogP) is 5.06. The molecule has 2 aliphatic rings. The number of fused-ring (bicyclic) bond motifs is 3. The Kier molecular flexibility index (Phi) is 5.89. The number of hydrogen-bond acceptors (Lipinski definition) is 4. The van der Waals surface area contributed by atoms with E-state index in [0.717, 1.165) is 52.6 Å². The third-order valence-corrected chi connectivity index (χ3v) is 8.24. The maximum atomic E-state index is 12.8. The van der Waals surface area contributed by atoms with E-state index in [-0.39, 0.29) is 0 Å². The highest BCUT2D eigenvalue weighted by Gasteiger charge is 2.43. The van der Waals surface area contributed by atoms with E-state index in [1.54, 1.807) is 11.8 Å². The molecule has 1 aliphatic carbocycles. The highest BCUT2D eigenvalue weighted by atomic mass is 79.9. The van der Waals surface area contributed by atoms with Crippen LogP contribution in [-0.2, 0) is 18.3 Å². The number of thioether (sulfide) groups is 1. The van der Waals surface area contributed by atoms with Gasteiger partial charge in [-0.25, -0.2) is 0 Å². The summed E-state index contributed by atoms with van der Waals surface area (Å²) in [5.41, 5.74) is 3.83. The first-order chi connectivity index (χ1) is 15.1. The van der Waals surface area contributed by atoms with Crippen molar-refractivity contribution in [1.29, 1.82) is 0 Å². The molecular formula is C24H25BrN4OS. The normalized spacial score (nSPS) is 20.1. The van der Waals surface area contributed by atoms with Gasteiger partial charge in [0.2, 0.25) is 5.91 Å². The van der Waals surface area contributed by atoms with Gasteiger partial charge in [0, 0.05) is 47.8 Å². The third kappa shape index (κ3) is 3.94. The number of halogens is 1. The fourth-order valence-corrected chi connectivity index (χ4v) is 6.52. The molecule has 0 radical (unpaired) electrons. The second kappa shape index (κ2) is 8.79. The molecule has 0 saturated carbocycles. The molecule has 7 heteroatoms. The summed E-state index contributed by atoms with van der Waals surface area (Å²) in [5.74, 6) is 2.43. The van der Waals surface area contributed by atoms with E-state index in [1.165, 1.54) is 11.1 Å². The van der Waals surface area contributed by atoms with Crippen molar-refractivity contribution in [1.82, 2.24) is 19.7 Å². The first-order valence-electron chi connectivity index (χ1n) is 10.8. The van der Waals surface area contributed by atoms with Gasteiger partial charge in [-0.2, -0.15) is 0 Å². The molecule has 5 nitrogen and oxygen atoms in total. The van der Waals surface area contributed by atoms with Gasteiger partial charge in [-0.15, -0.1) is 10.2 Å². The summed E-state index contributed by atoms with van der Waals surface area (Å²) in [7, 11) is 2.01. The van der Waals surface area contributed by atoms with Crippen LogP contribution in [0.4, 0.5) is 0 Å². The highest BCUT2D eigenvalue weighted by Crippen LogP contribution is 2.45. The van der Waals surface area contributed by atoms with Crippen molar-refractivity contribution in [2.75, 3.05) is 12.3 Å². The number of carbonyl (C=O) groups is 1. The molecule has 1 fully saturated rings. The first-order valence-corrected chi connectivity index (χ1v) is 12.6. The molecule has 160 valence electrons. The molecule has 3 aromatic rings. The van der Waals surface area contributed by atoms with Crippen molar-refractivity contribution in [2.45, 2.75) is 42.8 Å². The smallest absolute Gasteiger partial charge is 0.223 e. The van der Waals surface area contributed by atoms with Crippen LogP contribution in [0.1, 0.15) is 36.3 Å². The molecule has 1 amide bonds. The van der Waals surface area contributed by atoms with E-state index >= 15 is 0 Å². The van der Waals surface area contributed by atoms with Gasteiger partial charge in [0.15, 0.2) is 11.0 Å². The van der Waals surface area contributed by atoms with Crippen molar-refractivity contribution in [3.8, 4) is 11.4 Å². The number of aromatic nitrogens is 3. The highest BCUT2D eigenvalue weighted by molar-refractivity contribution is 9.10. The minimum Gasteiger partial charge on any atom is -0.339 e. The lowest BCUT2D eigenvalue weighted by Gasteiger charge is -2.33. The Morgan fingerprint density at radius 3 is 2.81 bits per heavy atom. The lowest BCUT2D eigenvalue weighted by molar-refractivity contribution is -0.129. The van der Waals surface area contributed by atoms with Crippen molar-refractivity contribution in [3.05, 3.63) is 64.1 Å². The minimum absolute atomic E-state index is 0.300. The van der Waals surface area contributed by atoms with E-state index in [9.17, 15) is 4.79 Å². The van der Waals surface area contributed by atoms with Gasteiger partial charge in [0.25, 0.3) is 0 Å². The molecular weight excluding hydrogens is 472 g/mol. The van der Waals surface area contributed by atoms with Crippen LogP contribution in [-0.4, -0.2) is 43.9 Å². The zero-order valence-corrected chi connectivity index (χ0v) is 19.9. The van der Waals surface area contributed by atoms with Gasteiger partial charge in [-0.3, -0.25) is 4.79 Å². The largest absolute Gasteiger partial charge is 0.339 e. The molecule has 0 spiro atoms. The van der Waals surface area contributed by atoms with Crippen LogP contribution >= 0.6 is 27.7 Å². The molecule has 1 aliphatic heterocycles. The van der Waals surface area contributed by atoms with E-state index in [2.05, 4.69) is 61.4 Å². The zero-order valence-electron chi connectivity index (χ0n) is 17.5. The Hall–Kier alpha value is -2.12. The summed E-state index contributed by atoms with van der Waals surface area (Å²) in [5, 5.41) is 9.64. The summed E-state index contributed by atoms with van der Waals surface area (Å²) in [4.78, 5) is 15.0. The second-order valence-electron chi connectivity index (χ2n) is 8.25. The molecule has 31 heavy (non-hydrogen) atoms. The van der Waals surface area contributed by atoms with Crippen LogP contribution < -0.4 is 0 Å². The summed E-state index contributed by atoms with van der Waals surface area (Å²) in [6.45, 7) is 0.816. The summed E-state index contributed by atoms with van der Waals surface area (Å²) in [6.07, 6.45) is 3.71. The molecule has 0 bridgehead atoms. The van der Waals surface area contributed by atoms with Crippen LogP contribution in [0.15, 0.2) is 58.2 Å². The van der Waals surface area contributed by atoms with Gasteiger partial charge in [0.1, 0.15) is 0 Å². The fraction of sp³-hybridized carbons (Fsp3) is 0.375. The predicted molar refractivity (Wildman–Crippen MR) is 127 cm³/mol. The quantitative estimate of drug-likeness (QED) is 0.353. The number of amides is 1. The summed E-state index contributed by atoms with van der Waals surface area (Å²) >= 11 is 5.44. The number of rotatable bonds is 6. The van der Waals surface area contributed by atoms with Gasteiger partial charge < -0.3 is 9.47 Å². The number of nitrogens with zero attached hydrogens (tertiary/aromatic N) is 4. The van der Waals surface area contributed by atoms with Gasteiger partial charge in [0.05, 0.1) is 0 Å². The van der Waals surface area contributed by atoms with Crippen molar-refractivity contribution >= 4 is 33.6 Å². The Labute approximate surface area is 195 Å². The van der Waals surface area contributed by atoms with E-state index in [0.29, 0.717) is 24.3 Å². The number of hydrogen-bond donors (Lipinski definition) is 0. The second-order valence-corrected chi connectivity index (χ2v) is 10.2. The van der Waals surface area contributed by atoms with Gasteiger partial charge >= 0.3 is 0 Å². The molecule has 5 rings (SSSR count). The van der Waals surface area contributed by atoms with Gasteiger partial charge in [-0.1, -0.05) is 70.2 Å². The van der Waals surface area contributed by atoms with E-state index in [1.807, 2.05) is 29.8 Å². The lowest BCUT2D eigenvalue weighted by Crippen LogP contribution is -2.38. The SMILES string of the molecule is Cn1c(SCCCN2C(=O)CC3c4c(Br)cccc4CCC32)nnc1-c1ccccc1. The number of benzene rings is 2. The van der Waals surface area contributed by atoms with Crippen LogP contribution in [0.5, 0.6) is 0 Å². The Balaban J connectivity index is 1.20. The molecule has 2 unspecified atom stereocenters. The third-order valence-electron chi connectivity index (χ3n) is 6.44. The van der Waals surface area contributed by atoms with Crippen LogP contribution in [0.25, 0.3) is 11.4 Å². The number of likely N-dealkylation sites (tertiary alicyclic amines) is 1. The van der Waals surface area contributed by atoms with Crippen LogP contribution in [0, 0.1) is 0 Å². The van der Waals surface area contributed by atoms with Crippen LogP contribution in [0.2, 0.25) is 0 Å². The average molecular weight is 497 g/mol. The Morgan fingerprint density at radius 1 is 1.13 bits per heavy atom.